The molecule has 13 heteroatoms. The standard InChI is InChI=1S/C25H36N6O6S/c1-14-10-15(2)22(16(3)11-14)38(35,36)31-21(24(33)34)13-27-23(32)20-12-19(37-30-20)8-6-7-9-26-25-28-17(4)18(5)29-25/h10-11,19,21,31H,6-9,12-13H2,1-5H3,(H,27,32)(H,33,34)(H2,26,28,29). The molecule has 2 heterocycles. The third kappa shape index (κ3) is 7.54. The topological polar surface area (TPSA) is 175 Å². The van der Waals surface area contributed by atoms with Gasteiger partial charge >= 0.3 is 5.97 Å². The van der Waals surface area contributed by atoms with Crippen LogP contribution in [0.2, 0.25) is 0 Å². The highest BCUT2D eigenvalue weighted by atomic mass is 32.2. The normalized spacial score (nSPS) is 16.0. The third-order valence-electron chi connectivity index (χ3n) is 6.30. The molecule has 0 spiro atoms. The fraction of sp³-hybridized carbons (Fsp3) is 0.520. The molecule has 2 aromatic rings. The first-order valence-corrected chi connectivity index (χ1v) is 14.0. The number of aliphatic carboxylic acids is 1. The van der Waals surface area contributed by atoms with E-state index in [2.05, 4.69) is 30.5 Å². The molecule has 0 saturated heterocycles. The molecule has 0 aliphatic carbocycles. The zero-order valence-corrected chi connectivity index (χ0v) is 23.2. The summed E-state index contributed by atoms with van der Waals surface area (Å²) in [6.07, 6.45) is 2.47. The SMILES string of the molecule is Cc1cc(C)c(S(=O)(=O)NC(CNC(=O)C2=NOC(CCCCNc3nc(C)c(C)[nH]3)C2)C(=O)O)c(C)c1. The number of oxime groups is 1. The predicted molar refractivity (Wildman–Crippen MR) is 143 cm³/mol. The molecule has 1 aliphatic heterocycles. The summed E-state index contributed by atoms with van der Waals surface area (Å²) in [5.74, 6) is -1.26. The van der Waals surface area contributed by atoms with Gasteiger partial charge in [0.15, 0.2) is 0 Å². The number of hydrogen-bond acceptors (Lipinski definition) is 8. The molecule has 5 N–H and O–H groups in total. The maximum absolute atomic E-state index is 12.9. The molecule has 2 atom stereocenters. The van der Waals surface area contributed by atoms with Crippen molar-refractivity contribution in [3.8, 4) is 0 Å². The largest absolute Gasteiger partial charge is 0.480 e. The maximum atomic E-state index is 12.9. The lowest BCUT2D eigenvalue weighted by Gasteiger charge is -2.18. The van der Waals surface area contributed by atoms with Crippen molar-refractivity contribution in [1.82, 2.24) is 20.0 Å². The van der Waals surface area contributed by atoms with Crippen LogP contribution in [-0.4, -0.2) is 66.3 Å². The number of carboxylic acids is 1. The van der Waals surface area contributed by atoms with Gasteiger partial charge in [0.25, 0.3) is 5.91 Å². The number of H-pyrrole nitrogens is 1. The van der Waals surface area contributed by atoms with Crippen LogP contribution in [0.15, 0.2) is 22.2 Å². The molecular formula is C25H36N6O6S. The fourth-order valence-corrected chi connectivity index (χ4v) is 6.01. The van der Waals surface area contributed by atoms with E-state index in [9.17, 15) is 23.1 Å². The second kappa shape index (κ2) is 12.4. The van der Waals surface area contributed by atoms with E-state index in [1.807, 2.05) is 20.8 Å². The summed E-state index contributed by atoms with van der Waals surface area (Å²) in [5, 5.41) is 19.1. The van der Waals surface area contributed by atoms with Crippen LogP contribution in [0.5, 0.6) is 0 Å². The molecule has 1 aromatic heterocycles. The Labute approximate surface area is 222 Å². The van der Waals surface area contributed by atoms with E-state index in [-0.39, 0.29) is 16.7 Å². The minimum Gasteiger partial charge on any atom is -0.480 e. The summed E-state index contributed by atoms with van der Waals surface area (Å²) < 4.78 is 28.1. The number of unbranched alkanes of at least 4 members (excludes halogenated alkanes) is 1. The Morgan fingerprint density at radius 3 is 2.45 bits per heavy atom. The maximum Gasteiger partial charge on any atom is 0.323 e. The van der Waals surface area contributed by atoms with Crippen LogP contribution in [0.4, 0.5) is 5.95 Å². The number of nitrogens with one attached hydrogen (secondary N) is 4. The monoisotopic (exact) mass is 548 g/mol. The number of carbonyl (C=O) groups excluding carboxylic acids is 1. The molecule has 0 radical (unpaired) electrons. The fourth-order valence-electron chi connectivity index (χ4n) is 4.37. The number of carbonyl (C=O) groups is 2. The smallest absolute Gasteiger partial charge is 0.323 e. The summed E-state index contributed by atoms with van der Waals surface area (Å²) in [4.78, 5) is 37.2. The van der Waals surface area contributed by atoms with Gasteiger partial charge in [-0.1, -0.05) is 22.9 Å². The second-order valence-electron chi connectivity index (χ2n) is 9.64. The van der Waals surface area contributed by atoms with Gasteiger partial charge in [0.05, 0.1) is 10.6 Å². The number of rotatable bonds is 13. The van der Waals surface area contributed by atoms with E-state index in [4.69, 9.17) is 4.84 Å². The van der Waals surface area contributed by atoms with Crippen LogP contribution in [0, 0.1) is 34.6 Å². The molecule has 1 aliphatic rings. The van der Waals surface area contributed by atoms with Crippen molar-refractivity contribution in [2.75, 3.05) is 18.4 Å². The van der Waals surface area contributed by atoms with E-state index >= 15 is 0 Å². The number of sulfonamides is 1. The number of aromatic nitrogens is 2. The Hall–Kier alpha value is -3.45. The van der Waals surface area contributed by atoms with Gasteiger partial charge in [-0.2, -0.15) is 4.72 Å². The van der Waals surface area contributed by atoms with Crippen molar-refractivity contribution in [3.05, 3.63) is 40.2 Å². The quantitative estimate of drug-likeness (QED) is 0.237. The lowest BCUT2D eigenvalue weighted by Crippen LogP contribution is -2.49. The number of anilines is 1. The van der Waals surface area contributed by atoms with E-state index < -0.39 is 34.5 Å². The number of nitrogens with zero attached hydrogens (tertiary/aromatic N) is 2. The molecule has 3 rings (SSSR count). The highest BCUT2D eigenvalue weighted by Crippen LogP contribution is 2.22. The molecule has 0 bridgehead atoms. The number of carboxylic acid groups (broad SMARTS) is 1. The van der Waals surface area contributed by atoms with Gasteiger partial charge in [-0.25, -0.2) is 13.4 Å². The van der Waals surface area contributed by atoms with Crippen LogP contribution >= 0.6 is 0 Å². The van der Waals surface area contributed by atoms with Crippen LogP contribution in [0.3, 0.4) is 0 Å². The van der Waals surface area contributed by atoms with Crippen molar-refractivity contribution in [2.24, 2.45) is 5.16 Å². The van der Waals surface area contributed by atoms with Gasteiger partial charge in [0.1, 0.15) is 17.9 Å². The Morgan fingerprint density at radius 2 is 1.84 bits per heavy atom. The molecule has 0 fully saturated rings. The highest BCUT2D eigenvalue weighted by molar-refractivity contribution is 7.89. The molecular weight excluding hydrogens is 512 g/mol. The molecule has 208 valence electrons. The van der Waals surface area contributed by atoms with Crippen LogP contribution in [-0.2, 0) is 24.4 Å². The second-order valence-corrected chi connectivity index (χ2v) is 11.3. The predicted octanol–water partition coefficient (Wildman–Crippen LogP) is 2.23. The summed E-state index contributed by atoms with van der Waals surface area (Å²) >= 11 is 0. The number of aromatic amines is 1. The average molecular weight is 549 g/mol. The molecule has 12 nitrogen and oxygen atoms in total. The van der Waals surface area contributed by atoms with Gasteiger partial charge in [-0.05, 0) is 65.0 Å². The number of benzene rings is 1. The van der Waals surface area contributed by atoms with Gasteiger partial charge in [-0.15, -0.1) is 0 Å². The zero-order chi connectivity index (χ0) is 28.0. The molecule has 1 amide bonds. The van der Waals surface area contributed by atoms with Crippen molar-refractivity contribution >= 4 is 33.6 Å². The van der Waals surface area contributed by atoms with Gasteiger partial charge < -0.3 is 25.6 Å². The summed E-state index contributed by atoms with van der Waals surface area (Å²) in [5.41, 5.74) is 4.04. The Kier molecular flexibility index (Phi) is 9.50. The summed E-state index contributed by atoms with van der Waals surface area (Å²) in [7, 11) is -4.14. The molecule has 1 aromatic carbocycles. The van der Waals surface area contributed by atoms with E-state index in [0.29, 0.717) is 24.0 Å². The zero-order valence-electron chi connectivity index (χ0n) is 22.3. The van der Waals surface area contributed by atoms with E-state index in [1.165, 1.54) is 0 Å². The van der Waals surface area contributed by atoms with Crippen LogP contribution in [0.1, 0.15) is 53.8 Å². The summed E-state index contributed by atoms with van der Waals surface area (Å²) in [6.45, 7) is 9.35. The lowest BCUT2D eigenvalue weighted by atomic mass is 10.1. The number of hydrogen-bond donors (Lipinski definition) is 5. The Balaban J connectivity index is 1.44. The molecule has 0 saturated carbocycles. The average Bonchev–Trinajstić information content (AvgIpc) is 3.41. The Morgan fingerprint density at radius 1 is 1.16 bits per heavy atom. The van der Waals surface area contributed by atoms with Gasteiger partial charge in [0.2, 0.25) is 16.0 Å². The van der Waals surface area contributed by atoms with Crippen LogP contribution in [0.25, 0.3) is 0 Å². The number of aryl methyl sites for hydroxylation is 5. The van der Waals surface area contributed by atoms with Crippen molar-refractivity contribution in [2.45, 2.75) is 77.3 Å². The third-order valence-corrected chi connectivity index (χ3v) is 8.08. The number of imidazole rings is 1. The van der Waals surface area contributed by atoms with Crippen LogP contribution < -0.4 is 15.4 Å². The van der Waals surface area contributed by atoms with E-state index in [0.717, 1.165) is 42.3 Å². The lowest BCUT2D eigenvalue weighted by molar-refractivity contribution is -0.138. The van der Waals surface area contributed by atoms with Gasteiger partial charge in [-0.3, -0.25) is 9.59 Å². The number of amides is 1. The molecule has 38 heavy (non-hydrogen) atoms. The molecule has 2 unspecified atom stereocenters. The minimum atomic E-state index is -4.14. The van der Waals surface area contributed by atoms with Gasteiger partial charge in [0, 0.05) is 25.2 Å². The van der Waals surface area contributed by atoms with E-state index in [1.54, 1.807) is 26.0 Å². The highest BCUT2D eigenvalue weighted by Gasteiger charge is 2.30. The summed E-state index contributed by atoms with van der Waals surface area (Å²) in [6, 6.07) is 1.87. The van der Waals surface area contributed by atoms with Crippen molar-refractivity contribution in [3.63, 3.8) is 0 Å². The first-order valence-electron chi connectivity index (χ1n) is 12.5. The van der Waals surface area contributed by atoms with Crippen molar-refractivity contribution in [1.29, 1.82) is 0 Å². The first kappa shape index (κ1) is 29.1. The first-order chi connectivity index (χ1) is 17.9. The Bertz CT molecular complexity index is 1280. The minimum absolute atomic E-state index is 0.0293. The van der Waals surface area contributed by atoms with Crippen molar-refractivity contribution < 1.29 is 28.0 Å².